The molecule has 0 radical (unpaired) electrons. The monoisotopic (exact) mass is 334 g/mol. The Morgan fingerprint density at radius 1 is 1.21 bits per heavy atom. The molecule has 0 unspecified atom stereocenters. The van der Waals surface area contributed by atoms with Crippen molar-refractivity contribution >= 4 is 17.6 Å². The van der Waals surface area contributed by atoms with E-state index in [2.05, 4.69) is 4.74 Å². The standard InChI is InChI=1S/C17H22N2O5/c1-18(11-12-6-4-3-5-7-12)16(20)13-8-14(17(21)24-2)10-15(9-13)19(22)23/h8-10,12H,3-7,11H2,1-2H3. The van der Waals surface area contributed by atoms with Gasteiger partial charge in [0.2, 0.25) is 0 Å². The summed E-state index contributed by atoms with van der Waals surface area (Å²) in [5.41, 5.74) is -0.170. The Morgan fingerprint density at radius 3 is 2.42 bits per heavy atom. The van der Waals surface area contributed by atoms with Gasteiger partial charge in [-0.05, 0) is 24.8 Å². The summed E-state index contributed by atoms with van der Waals surface area (Å²) in [4.78, 5) is 36.3. The minimum Gasteiger partial charge on any atom is -0.465 e. The minimum absolute atomic E-state index is 0.00103. The third-order valence-corrected chi connectivity index (χ3v) is 4.40. The molecule has 130 valence electrons. The Kier molecular flexibility index (Phi) is 5.89. The molecule has 1 aliphatic carbocycles. The number of carbonyl (C=O) groups is 2. The largest absolute Gasteiger partial charge is 0.465 e. The maximum absolute atomic E-state index is 12.6. The summed E-state index contributed by atoms with van der Waals surface area (Å²) in [6, 6.07) is 3.66. The first-order valence-electron chi connectivity index (χ1n) is 8.05. The zero-order valence-corrected chi connectivity index (χ0v) is 14.0. The molecule has 0 atom stereocenters. The van der Waals surface area contributed by atoms with Crippen LogP contribution in [0.2, 0.25) is 0 Å². The van der Waals surface area contributed by atoms with Crippen LogP contribution in [0.15, 0.2) is 18.2 Å². The van der Waals surface area contributed by atoms with Crippen molar-refractivity contribution in [1.82, 2.24) is 4.90 Å². The maximum Gasteiger partial charge on any atom is 0.338 e. The fourth-order valence-electron chi connectivity index (χ4n) is 3.14. The Balaban J connectivity index is 2.21. The summed E-state index contributed by atoms with van der Waals surface area (Å²) >= 11 is 0. The highest BCUT2D eigenvalue weighted by Crippen LogP contribution is 2.25. The number of methoxy groups -OCH3 is 1. The van der Waals surface area contributed by atoms with E-state index >= 15 is 0 Å². The van der Waals surface area contributed by atoms with Gasteiger partial charge in [0.1, 0.15) is 0 Å². The molecule has 7 heteroatoms. The van der Waals surface area contributed by atoms with Crippen LogP contribution >= 0.6 is 0 Å². The van der Waals surface area contributed by atoms with Gasteiger partial charge in [0, 0.05) is 31.3 Å². The predicted octanol–water partition coefficient (Wildman–Crippen LogP) is 3.03. The number of esters is 1. The normalized spacial score (nSPS) is 14.9. The van der Waals surface area contributed by atoms with Crippen molar-refractivity contribution in [3.8, 4) is 0 Å². The number of nitrogens with zero attached hydrogens (tertiary/aromatic N) is 2. The highest BCUT2D eigenvalue weighted by Gasteiger charge is 2.23. The van der Waals surface area contributed by atoms with Crippen molar-refractivity contribution in [2.75, 3.05) is 20.7 Å². The average Bonchev–Trinajstić information content (AvgIpc) is 2.60. The first-order valence-corrected chi connectivity index (χ1v) is 8.05. The molecule has 1 aliphatic rings. The predicted molar refractivity (Wildman–Crippen MR) is 88.0 cm³/mol. The van der Waals surface area contributed by atoms with Crippen LogP contribution < -0.4 is 0 Å². The quantitative estimate of drug-likeness (QED) is 0.469. The number of non-ortho nitro benzene ring substituents is 1. The molecule has 1 saturated carbocycles. The lowest BCUT2D eigenvalue weighted by Gasteiger charge is -2.27. The van der Waals surface area contributed by atoms with Gasteiger partial charge in [0.25, 0.3) is 11.6 Å². The third-order valence-electron chi connectivity index (χ3n) is 4.40. The Bertz CT molecular complexity index is 638. The molecule has 0 heterocycles. The van der Waals surface area contributed by atoms with E-state index < -0.39 is 10.9 Å². The van der Waals surface area contributed by atoms with Crippen molar-refractivity contribution in [2.45, 2.75) is 32.1 Å². The second-order valence-corrected chi connectivity index (χ2v) is 6.21. The SMILES string of the molecule is COC(=O)c1cc(C(=O)N(C)CC2CCCCC2)cc([N+](=O)[O-])c1. The highest BCUT2D eigenvalue weighted by molar-refractivity contribution is 5.98. The van der Waals surface area contributed by atoms with Crippen LogP contribution in [0.4, 0.5) is 5.69 Å². The van der Waals surface area contributed by atoms with E-state index in [1.165, 1.54) is 38.5 Å². The van der Waals surface area contributed by atoms with Crippen LogP contribution in [-0.4, -0.2) is 42.4 Å². The molecule has 1 aromatic rings. The molecule has 0 aromatic heterocycles. The molecule has 0 saturated heterocycles. The molecule has 1 fully saturated rings. The first kappa shape index (κ1) is 17.9. The average molecular weight is 334 g/mol. The van der Waals surface area contributed by atoms with Gasteiger partial charge in [-0.25, -0.2) is 4.79 Å². The summed E-state index contributed by atoms with van der Waals surface area (Å²) < 4.78 is 4.60. The Labute approximate surface area is 140 Å². The molecular formula is C17H22N2O5. The van der Waals surface area contributed by atoms with Crippen LogP contribution in [0.5, 0.6) is 0 Å². The van der Waals surface area contributed by atoms with Crippen molar-refractivity contribution in [3.05, 3.63) is 39.4 Å². The second-order valence-electron chi connectivity index (χ2n) is 6.21. The number of nitro benzene ring substituents is 1. The van der Waals surface area contributed by atoms with Gasteiger partial charge in [-0.1, -0.05) is 19.3 Å². The van der Waals surface area contributed by atoms with E-state index in [9.17, 15) is 19.7 Å². The zero-order chi connectivity index (χ0) is 17.7. The van der Waals surface area contributed by atoms with Crippen molar-refractivity contribution < 1.29 is 19.2 Å². The van der Waals surface area contributed by atoms with Gasteiger partial charge >= 0.3 is 5.97 Å². The Morgan fingerprint density at radius 2 is 1.83 bits per heavy atom. The van der Waals surface area contributed by atoms with Crippen molar-refractivity contribution in [1.29, 1.82) is 0 Å². The number of benzene rings is 1. The van der Waals surface area contributed by atoms with Crippen LogP contribution in [0, 0.1) is 16.0 Å². The number of amides is 1. The zero-order valence-electron chi connectivity index (χ0n) is 14.0. The van der Waals surface area contributed by atoms with Gasteiger partial charge in [-0.3, -0.25) is 14.9 Å². The van der Waals surface area contributed by atoms with E-state index in [4.69, 9.17) is 0 Å². The number of nitro groups is 1. The van der Waals surface area contributed by atoms with Gasteiger partial charge < -0.3 is 9.64 Å². The fraction of sp³-hybridized carbons (Fsp3) is 0.529. The molecule has 7 nitrogen and oxygen atoms in total. The molecule has 24 heavy (non-hydrogen) atoms. The van der Waals surface area contributed by atoms with Crippen LogP contribution in [0.1, 0.15) is 52.8 Å². The smallest absolute Gasteiger partial charge is 0.338 e. The van der Waals surface area contributed by atoms with E-state index in [1.807, 2.05) is 0 Å². The van der Waals surface area contributed by atoms with Gasteiger partial charge in [0.05, 0.1) is 17.6 Å². The van der Waals surface area contributed by atoms with Crippen molar-refractivity contribution in [3.63, 3.8) is 0 Å². The third kappa shape index (κ3) is 4.31. The van der Waals surface area contributed by atoms with Crippen LogP contribution in [0.25, 0.3) is 0 Å². The summed E-state index contributed by atoms with van der Waals surface area (Å²) in [6.45, 7) is 0.620. The molecular weight excluding hydrogens is 312 g/mol. The van der Waals surface area contributed by atoms with E-state index in [-0.39, 0.29) is 22.7 Å². The summed E-state index contributed by atoms with van der Waals surface area (Å²) in [6.07, 6.45) is 5.79. The minimum atomic E-state index is -0.706. The molecule has 1 amide bonds. The first-order chi connectivity index (χ1) is 11.4. The van der Waals surface area contributed by atoms with Gasteiger partial charge in [-0.2, -0.15) is 0 Å². The molecule has 0 aliphatic heterocycles. The maximum atomic E-state index is 12.6. The van der Waals surface area contributed by atoms with Crippen LogP contribution in [-0.2, 0) is 4.74 Å². The number of carbonyl (C=O) groups excluding carboxylic acids is 2. The van der Waals surface area contributed by atoms with Crippen molar-refractivity contribution in [2.24, 2.45) is 5.92 Å². The summed E-state index contributed by atoms with van der Waals surface area (Å²) in [7, 11) is 2.88. The van der Waals surface area contributed by atoms with Crippen LogP contribution in [0.3, 0.4) is 0 Å². The molecule has 1 aromatic carbocycles. The summed E-state index contributed by atoms with van der Waals surface area (Å²) in [5, 5.41) is 11.1. The number of hydrogen-bond donors (Lipinski definition) is 0. The van der Waals surface area contributed by atoms with Gasteiger partial charge in [-0.15, -0.1) is 0 Å². The summed E-state index contributed by atoms with van der Waals surface area (Å²) in [5.74, 6) is -0.566. The molecule has 0 N–H and O–H groups in total. The lowest BCUT2D eigenvalue weighted by molar-refractivity contribution is -0.384. The molecule has 2 rings (SSSR count). The highest BCUT2D eigenvalue weighted by atomic mass is 16.6. The topological polar surface area (TPSA) is 89.8 Å². The van der Waals surface area contributed by atoms with E-state index in [0.717, 1.165) is 18.9 Å². The lowest BCUT2D eigenvalue weighted by Crippen LogP contribution is -2.32. The number of ether oxygens (including phenoxy) is 1. The van der Waals surface area contributed by atoms with Gasteiger partial charge in [0.15, 0.2) is 0 Å². The number of rotatable bonds is 5. The van der Waals surface area contributed by atoms with E-state index in [0.29, 0.717) is 12.5 Å². The molecule has 0 bridgehead atoms. The molecule has 0 spiro atoms. The second kappa shape index (κ2) is 7.90. The Hall–Kier alpha value is -2.44. The lowest BCUT2D eigenvalue weighted by atomic mass is 9.89. The van der Waals surface area contributed by atoms with E-state index in [1.54, 1.807) is 11.9 Å². The number of hydrogen-bond acceptors (Lipinski definition) is 5. The fourth-order valence-corrected chi connectivity index (χ4v) is 3.14.